The average Bonchev–Trinajstić information content (AvgIpc) is 2.65. The van der Waals surface area contributed by atoms with Crippen LogP contribution in [0, 0.1) is 0 Å². The van der Waals surface area contributed by atoms with Crippen molar-refractivity contribution in [2.24, 2.45) is 4.99 Å². The molecule has 0 atom stereocenters. The Morgan fingerprint density at radius 3 is 3.00 bits per heavy atom. The standard InChI is InChI=1S/C20H30N4O2/c1-4-6-9-14-23(3)20(21-5-2)22-13-10-15-24-17-11-7-8-12-18(17)26-16-19(24)25/h4,7-8,11-12H,1,5-6,9-10,13-16H2,2-3H3,(H,21,22). The molecule has 0 spiro atoms. The van der Waals surface area contributed by atoms with Gasteiger partial charge in [0.2, 0.25) is 0 Å². The number of para-hydroxylation sites is 2. The average molecular weight is 358 g/mol. The van der Waals surface area contributed by atoms with Crippen LogP contribution in [-0.4, -0.2) is 56.6 Å². The Kier molecular flexibility index (Phi) is 7.99. The van der Waals surface area contributed by atoms with Crippen molar-refractivity contribution >= 4 is 17.6 Å². The second-order valence-corrected chi connectivity index (χ2v) is 6.24. The van der Waals surface area contributed by atoms with Crippen LogP contribution in [0.3, 0.4) is 0 Å². The van der Waals surface area contributed by atoms with Crippen molar-refractivity contribution < 1.29 is 9.53 Å². The molecule has 2 rings (SSSR count). The maximum absolute atomic E-state index is 12.2. The normalized spacial score (nSPS) is 13.8. The molecule has 1 heterocycles. The van der Waals surface area contributed by atoms with Crippen molar-refractivity contribution in [2.75, 3.05) is 44.7 Å². The largest absolute Gasteiger partial charge is 0.482 e. The molecule has 1 N–H and O–H groups in total. The Morgan fingerprint density at radius 2 is 2.23 bits per heavy atom. The number of aliphatic imine (C=N–C) groups is 1. The number of ether oxygens (including phenoxy) is 1. The molecule has 1 aliphatic heterocycles. The van der Waals surface area contributed by atoms with Gasteiger partial charge in [-0.25, -0.2) is 0 Å². The number of nitrogens with zero attached hydrogens (tertiary/aromatic N) is 3. The minimum absolute atomic E-state index is 0.00105. The lowest BCUT2D eigenvalue weighted by molar-refractivity contribution is -0.121. The first-order valence-corrected chi connectivity index (χ1v) is 9.30. The highest BCUT2D eigenvalue weighted by molar-refractivity contribution is 5.97. The van der Waals surface area contributed by atoms with Crippen LogP contribution in [0.4, 0.5) is 5.69 Å². The zero-order valence-corrected chi connectivity index (χ0v) is 15.9. The third-order valence-electron chi connectivity index (χ3n) is 4.21. The van der Waals surface area contributed by atoms with Gasteiger partial charge in [0.25, 0.3) is 5.91 Å². The van der Waals surface area contributed by atoms with Gasteiger partial charge in [0.1, 0.15) is 5.75 Å². The van der Waals surface area contributed by atoms with E-state index >= 15 is 0 Å². The molecule has 0 bridgehead atoms. The van der Waals surface area contributed by atoms with Crippen molar-refractivity contribution in [3.8, 4) is 5.75 Å². The fourth-order valence-corrected chi connectivity index (χ4v) is 2.86. The van der Waals surface area contributed by atoms with E-state index in [-0.39, 0.29) is 12.5 Å². The van der Waals surface area contributed by atoms with E-state index < -0.39 is 0 Å². The number of anilines is 1. The summed E-state index contributed by atoms with van der Waals surface area (Å²) in [6.45, 7) is 9.01. The van der Waals surface area contributed by atoms with E-state index in [0.29, 0.717) is 13.1 Å². The van der Waals surface area contributed by atoms with Crippen LogP contribution in [0.25, 0.3) is 0 Å². The molecule has 0 saturated carbocycles. The molecule has 142 valence electrons. The Hall–Kier alpha value is -2.50. The molecular formula is C20H30N4O2. The summed E-state index contributed by atoms with van der Waals surface area (Å²) in [7, 11) is 2.05. The van der Waals surface area contributed by atoms with Gasteiger partial charge in [-0.2, -0.15) is 0 Å². The predicted molar refractivity (Wildman–Crippen MR) is 107 cm³/mol. The number of nitrogens with one attached hydrogen (secondary N) is 1. The predicted octanol–water partition coefficient (Wildman–Crippen LogP) is 2.67. The van der Waals surface area contributed by atoms with E-state index in [1.807, 2.05) is 37.4 Å². The summed E-state index contributed by atoms with van der Waals surface area (Å²) in [4.78, 5) is 20.8. The molecule has 1 aromatic rings. The van der Waals surface area contributed by atoms with Crippen LogP contribution in [0.1, 0.15) is 26.2 Å². The Labute approximate surface area is 156 Å². The highest BCUT2D eigenvalue weighted by atomic mass is 16.5. The van der Waals surface area contributed by atoms with E-state index in [0.717, 1.165) is 49.7 Å². The van der Waals surface area contributed by atoms with E-state index in [9.17, 15) is 4.79 Å². The highest BCUT2D eigenvalue weighted by Gasteiger charge is 2.24. The van der Waals surface area contributed by atoms with Crippen molar-refractivity contribution in [3.05, 3.63) is 36.9 Å². The van der Waals surface area contributed by atoms with Crippen LogP contribution >= 0.6 is 0 Å². The molecule has 0 radical (unpaired) electrons. The SMILES string of the molecule is C=CCCCN(C)C(=NCCCN1C(=O)COc2ccccc21)NCC. The summed E-state index contributed by atoms with van der Waals surface area (Å²) in [5.74, 6) is 1.68. The van der Waals surface area contributed by atoms with Crippen molar-refractivity contribution in [2.45, 2.75) is 26.2 Å². The summed E-state index contributed by atoms with van der Waals surface area (Å²) in [5, 5.41) is 3.32. The van der Waals surface area contributed by atoms with E-state index in [4.69, 9.17) is 9.73 Å². The smallest absolute Gasteiger partial charge is 0.265 e. The van der Waals surface area contributed by atoms with Gasteiger partial charge in [0, 0.05) is 33.2 Å². The summed E-state index contributed by atoms with van der Waals surface area (Å²) in [6, 6.07) is 7.66. The molecule has 26 heavy (non-hydrogen) atoms. The first-order chi connectivity index (χ1) is 12.7. The molecule has 0 saturated heterocycles. The van der Waals surface area contributed by atoms with Crippen molar-refractivity contribution in [1.29, 1.82) is 0 Å². The number of hydrogen-bond donors (Lipinski definition) is 1. The molecule has 1 aromatic carbocycles. The van der Waals surface area contributed by atoms with Crippen LogP contribution in [-0.2, 0) is 4.79 Å². The third kappa shape index (κ3) is 5.51. The van der Waals surface area contributed by atoms with Crippen molar-refractivity contribution in [1.82, 2.24) is 10.2 Å². The Bertz CT molecular complexity index is 630. The number of carbonyl (C=O) groups is 1. The lowest BCUT2D eigenvalue weighted by atomic mass is 10.2. The van der Waals surface area contributed by atoms with Gasteiger partial charge in [-0.1, -0.05) is 18.2 Å². The summed E-state index contributed by atoms with van der Waals surface area (Å²) >= 11 is 0. The fourth-order valence-electron chi connectivity index (χ4n) is 2.86. The molecule has 1 amide bonds. The van der Waals surface area contributed by atoms with Gasteiger partial charge in [-0.15, -0.1) is 6.58 Å². The van der Waals surface area contributed by atoms with E-state index in [1.165, 1.54) is 0 Å². The van der Waals surface area contributed by atoms with Gasteiger partial charge >= 0.3 is 0 Å². The molecule has 6 heteroatoms. The summed E-state index contributed by atoms with van der Waals surface area (Å²) < 4.78 is 5.48. The molecule has 0 aliphatic carbocycles. The number of carbonyl (C=O) groups excluding carboxylic acids is 1. The molecule has 0 aromatic heterocycles. The number of fused-ring (bicyclic) bond motifs is 1. The number of rotatable bonds is 9. The van der Waals surface area contributed by atoms with E-state index in [1.54, 1.807) is 4.90 Å². The minimum Gasteiger partial charge on any atom is -0.482 e. The van der Waals surface area contributed by atoms with Crippen molar-refractivity contribution in [3.63, 3.8) is 0 Å². The second kappa shape index (κ2) is 10.5. The van der Waals surface area contributed by atoms with Gasteiger partial charge in [-0.3, -0.25) is 9.79 Å². The minimum atomic E-state index is 0.00105. The number of amides is 1. The van der Waals surface area contributed by atoms with Gasteiger partial charge in [0.05, 0.1) is 5.69 Å². The quantitative estimate of drug-likeness (QED) is 0.319. The Morgan fingerprint density at radius 1 is 1.42 bits per heavy atom. The number of unbranched alkanes of at least 4 members (excludes halogenated alkanes) is 1. The van der Waals surface area contributed by atoms with Gasteiger partial charge in [-0.05, 0) is 38.3 Å². The molecule has 0 fully saturated rings. The highest BCUT2D eigenvalue weighted by Crippen LogP contribution is 2.31. The number of benzene rings is 1. The maximum atomic E-state index is 12.2. The van der Waals surface area contributed by atoms with Gasteiger partial charge in [0.15, 0.2) is 12.6 Å². The zero-order chi connectivity index (χ0) is 18.8. The zero-order valence-electron chi connectivity index (χ0n) is 15.9. The maximum Gasteiger partial charge on any atom is 0.265 e. The summed E-state index contributed by atoms with van der Waals surface area (Å²) in [5.41, 5.74) is 0.848. The molecule has 0 unspecified atom stereocenters. The lowest BCUT2D eigenvalue weighted by Crippen LogP contribution is -2.40. The summed E-state index contributed by atoms with van der Waals surface area (Å²) in [6.07, 6.45) is 4.80. The topological polar surface area (TPSA) is 57.2 Å². The van der Waals surface area contributed by atoms with Crippen LogP contribution in [0.15, 0.2) is 41.9 Å². The number of allylic oxidation sites excluding steroid dienone is 1. The number of guanidine groups is 1. The van der Waals surface area contributed by atoms with E-state index in [2.05, 4.69) is 23.7 Å². The van der Waals surface area contributed by atoms with Gasteiger partial charge < -0.3 is 19.9 Å². The first-order valence-electron chi connectivity index (χ1n) is 9.30. The Balaban J connectivity index is 1.89. The van der Waals surface area contributed by atoms with Crippen LogP contribution in [0.2, 0.25) is 0 Å². The monoisotopic (exact) mass is 358 g/mol. The molecule has 1 aliphatic rings. The molecule has 6 nitrogen and oxygen atoms in total. The first kappa shape index (κ1) is 19.8. The van der Waals surface area contributed by atoms with Crippen LogP contribution in [0.5, 0.6) is 5.75 Å². The lowest BCUT2D eigenvalue weighted by Gasteiger charge is -2.29. The fraction of sp³-hybridized carbons (Fsp3) is 0.500. The molecular weight excluding hydrogens is 328 g/mol. The number of hydrogen-bond acceptors (Lipinski definition) is 3. The third-order valence-corrected chi connectivity index (χ3v) is 4.21. The van der Waals surface area contributed by atoms with Crippen LogP contribution < -0.4 is 15.0 Å². The second-order valence-electron chi connectivity index (χ2n) is 6.24.